The summed E-state index contributed by atoms with van der Waals surface area (Å²) < 4.78 is 13.3. The second-order valence-electron chi connectivity index (χ2n) is 31.9. The van der Waals surface area contributed by atoms with E-state index >= 15 is 0 Å². The minimum atomic E-state index is -0.124. The number of rotatable bonds is 13. The van der Waals surface area contributed by atoms with E-state index in [1.807, 2.05) is 12.1 Å². The van der Waals surface area contributed by atoms with Crippen molar-refractivity contribution in [2.45, 2.75) is 38.5 Å². The van der Waals surface area contributed by atoms with Gasteiger partial charge in [-0.3, -0.25) is 0 Å². The Bertz CT molecular complexity index is 7160. The maximum absolute atomic E-state index is 6.67. The molecule has 20 aromatic rings. The normalized spacial score (nSPS) is 12.8. The van der Waals surface area contributed by atoms with E-state index in [1.54, 1.807) is 0 Å². The van der Waals surface area contributed by atoms with Crippen LogP contribution in [-0.2, 0) is 10.8 Å². The van der Waals surface area contributed by atoms with E-state index in [0.29, 0.717) is 0 Å². The first-order chi connectivity index (χ1) is 57.0. The van der Waals surface area contributed by atoms with Crippen molar-refractivity contribution in [2.24, 2.45) is 0 Å². The first-order valence-corrected chi connectivity index (χ1v) is 40.2. The van der Waals surface area contributed by atoms with Crippen LogP contribution >= 0.6 is 0 Å². The van der Waals surface area contributed by atoms with Gasteiger partial charge in [0.25, 0.3) is 0 Å². The predicted molar refractivity (Wildman–Crippen MR) is 487 cm³/mol. The summed E-state index contributed by atoms with van der Waals surface area (Å²) in [5.41, 5.74) is 37.0. The molecule has 0 N–H and O–H groups in total. The summed E-state index contributed by atoms with van der Waals surface area (Å²) in [4.78, 5) is 4.82. The molecule has 2 aromatic heterocycles. The summed E-state index contributed by atoms with van der Waals surface area (Å²) in [6.07, 6.45) is 0. The van der Waals surface area contributed by atoms with Crippen LogP contribution in [0.3, 0.4) is 0 Å². The van der Waals surface area contributed by atoms with Gasteiger partial charge in [-0.25, -0.2) is 0 Å². The highest BCUT2D eigenvalue weighted by atomic mass is 16.3. The van der Waals surface area contributed by atoms with Gasteiger partial charge in [-0.2, -0.15) is 0 Å². The van der Waals surface area contributed by atoms with Gasteiger partial charge < -0.3 is 18.6 Å². The Morgan fingerprint density at radius 1 is 0.190 bits per heavy atom. The summed E-state index contributed by atoms with van der Waals surface area (Å²) >= 11 is 0. The topological polar surface area (TPSA) is 32.8 Å². The van der Waals surface area contributed by atoms with Crippen LogP contribution in [0.4, 0.5) is 34.1 Å². The van der Waals surface area contributed by atoms with Gasteiger partial charge in [0.2, 0.25) is 0 Å². The van der Waals surface area contributed by atoms with Gasteiger partial charge in [-0.15, -0.1) is 0 Å². The van der Waals surface area contributed by atoms with Crippen LogP contribution < -0.4 is 9.80 Å². The van der Waals surface area contributed by atoms with Gasteiger partial charge in [0.15, 0.2) is 0 Å². The fraction of sp³-hybridized carbons (Fsp3) is 0.0536. The van der Waals surface area contributed by atoms with E-state index in [-0.39, 0.29) is 10.8 Å². The number of hydrogen-bond acceptors (Lipinski definition) is 4. The number of hydrogen-bond donors (Lipinski definition) is 0. The highest BCUT2D eigenvalue weighted by molar-refractivity contribution is 6.13. The fourth-order valence-corrected chi connectivity index (χ4v) is 18.4. The molecule has 2 heterocycles. The van der Waals surface area contributed by atoms with Crippen molar-refractivity contribution >= 4 is 88.8 Å². The third-order valence-electron chi connectivity index (χ3n) is 24.4. The minimum absolute atomic E-state index is 0.105. The molecule has 22 rings (SSSR count). The second kappa shape index (κ2) is 28.3. The molecule has 18 aromatic carbocycles. The fourth-order valence-electron chi connectivity index (χ4n) is 18.4. The van der Waals surface area contributed by atoms with Crippen LogP contribution in [0.2, 0.25) is 0 Å². The van der Waals surface area contributed by atoms with Crippen molar-refractivity contribution in [1.29, 1.82) is 0 Å². The second-order valence-corrected chi connectivity index (χ2v) is 31.9. The monoisotopic (exact) mass is 1480 g/mol. The lowest BCUT2D eigenvalue weighted by molar-refractivity contribution is 0.660. The molecular formula is C112H80N2O2. The SMILES string of the molecule is CC1(C)c2ccccc2-c2ccc(N(c3ccc(-c4cc(-c5ccc(-c6ccccc6)cc5)cc5c4oc4ccccc45)cc3)c3ccc4ccccc4c3)cc21.CC1(C)c2ccccc2-c2ccc(N(c3ccc(-c4cc(-c5ccc(-c6ccccc6)cc5)cc5c4oc4ccccc45)cc3)c3ccccc3-c3ccccc3)cc21. The van der Waals surface area contributed by atoms with Gasteiger partial charge in [0.05, 0.1) is 5.69 Å². The Morgan fingerprint density at radius 3 is 1.01 bits per heavy atom. The lowest BCUT2D eigenvalue weighted by Crippen LogP contribution is -2.16. The summed E-state index contributed by atoms with van der Waals surface area (Å²) in [7, 11) is 0. The minimum Gasteiger partial charge on any atom is -0.455 e. The van der Waals surface area contributed by atoms with Crippen LogP contribution in [0.15, 0.2) is 421 Å². The summed E-state index contributed by atoms with van der Waals surface area (Å²) in [6, 6.07) is 149. The standard InChI is InChI=1S/C57H41NO.C55H39NO/c1-57(2)52-22-12-9-20-47(52)48-34-33-45(37-53(48)57)58(54-23-13-10-19-46(54)41-17-7-4-8-18-41)44-31-29-42(30-32-44)50-35-43(36-51-49-21-11-14-24-55(49)59-56(50)51)40-27-25-39(26-28-40)38-15-5-3-6-16-38;1-55(2)51-18-10-8-16-46(51)47-31-30-45(35-52(47)55)56(44-29-24-37-14-6-7-15-41(37)32-44)43-27-25-40(26-28-43)49-33-42(34-50-48-17-9-11-19-53(48)57-54(49)50)39-22-20-38(21-23-39)36-12-4-3-5-13-36/h3-37H,1-2H3;3-35H,1-2H3. The highest BCUT2D eigenvalue weighted by Gasteiger charge is 2.38. The van der Waals surface area contributed by atoms with Gasteiger partial charge in [-0.05, 0) is 220 Å². The third kappa shape index (κ3) is 12.1. The largest absolute Gasteiger partial charge is 0.455 e. The van der Waals surface area contributed by atoms with Gasteiger partial charge in [0, 0.05) is 77.5 Å². The maximum Gasteiger partial charge on any atom is 0.143 e. The van der Waals surface area contributed by atoms with Crippen molar-refractivity contribution in [2.75, 3.05) is 9.80 Å². The Balaban J connectivity index is 0.000000145. The number of fused-ring (bicyclic) bond motifs is 13. The van der Waals surface area contributed by atoms with E-state index in [9.17, 15) is 0 Å². The molecule has 0 saturated heterocycles. The van der Waals surface area contributed by atoms with Crippen molar-refractivity contribution in [3.63, 3.8) is 0 Å². The first kappa shape index (κ1) is 69.4. The van der Waals surface area contributed by atoms with Crippen LogP contribution in [0.5, 0.6) is 0 Å². The van der Waals surface area contributed by atoms with Crippen molar-refractivity contribution in [1.82, 2.24) is 0 Å². The number of nitrogens with zero attached hydrogens (tertiary/aromatic N) is 2. The molecule has 0 radical (unpaired) electrons. The van der Waals surface area contributed by atoms with Crippen molar-refractivity contribution in [3.8, 4) is 100 Å². The summed E-state index contributed by atoms with van der Waals surface area (Å²) in [5.74, 6) is 0. The molecular weight excluding hydrogens is 1410 g/mol. The van der Waals surface area contributed by atoms with Crippen LogP contribution in [0.25, 0.3) is 155 Å². The quantitative estimate of drug-likeness (QED) is 0.115. The Kier molecular flexibility index (Phi) is 16.9. The lowest BCUT2D eigenvalue weighted by Gasteiger charge is -2.30. The molecule has 0 atom stereocenters. The predicted octanol–water partition coefficient (Wildman–Crippen LogP) is 31.5. The molecule has 4 nitrogen and oxygen atoms in total. The van der Waals surface area contributed by atoms with E-state index in [4.69, 9.17) is 8.83 Å². The van der Waals surface area contributed by atoms with Gasteiger partial charge in [0.1, 0.15) is 22.3 Å². The Hall–Kier alpha value is -14.6. The number of benzene rings is 18. The van der Waals surface area contributed by atoms with Crippen LogP contribution in [-0.4, -0.2) is 0 Å². The van der Waals surface area contributed by atoms with E-state index < -0.39 is 0 Å². The van der Waals surface area contributed by atoms with Crippen molar-refractivity contribution < 1.29 is 8.83 Å². The average Bonchev–Trinajstić information content (AvgIpc) is 1.58. The summed E-state index contributed by atoms with van der Waals surface area (Å²) in [6.45, 7) is 9.40. The zero-order valence-electron chi connectivity index (χ0n) is 65.0. The molecule has 0 bridgehead atoms. The highest BCUT2D eigenvalue weighted by Crippen LogP contribution is 2.54. The first-order valence-electron chi connectivity index (χ1n) is 40.2. The molecule has 0 spiro atoms. The molecule has 2 aliphatic carbocycles. The molecule has 4 heteroatoms. The van der Waals surface area contributed by atoms with Gasteiger partial charge >= 0.3 is 0 Å². The van der Waals surface area contributed by atoms with Crippen LogP contribution in [0, 0.1) is 0 Å². The van der Waals surface area contributed by atoms with E-state index in [0.717, 1.165) is 111 Å². The molecule has 0 aliphatic heterocycles. The lowest BCUT2D eigenvalue weighted by atomic mass is 9.82. The van der Waals surface area contributed by atoms with E-state index in [1.165, 1.54) is 99.8 Å². The molecule has 0 fully saturated rings. The molecule has 116 heavy (non-hydrogen) atoms. The molecule has 0 amide bonds. The Labute approximate surface area is 676 Å². The van der Waals surface area contributed by atoms with Gasteiger partial charge in [-0.1, -0.05) is 337 Å². The zero-order chi connectivity index (χ0) is 77.6. The molecule has 0 unspecified atom stereocenters. The smallest absolute Gasteiger partial charge is 0.143 e. The Morgan fingerprint density at radius 2 is 0.517 bits per heavy atom. The number of anilines is 6. The molecule has 0 saturated carbocycles. The zero-order valence-corrected chi connectivity index (χ0v) is 65.0. The molecule has 2 aliphatic rings. The van der Waals surface area contributed by atoms with Crippen LogP contribution in [0.1, 0.15) is 49.9 Å². The average molecular weight is 1490 g/mol. The summed E-state index contributed by atoms with van der Waals surface area (Å²) in [5, 5.41) is 6.92. The van der Waals surface area contributed by atoms with E-state index in [2.05, 4.69) is 438 Å². The van der Waals surface area contributed by atoms with Crippen molar-refractivity contribution in [3.05, 3.63) is 435 Å². The maximum atomic E-state index is 6.67. The molecule has 550 valence electrons. The number of furan rings is 2. The third-order valence-corrected chi connectivity index (χ3v) is 24.4. The number of para-hydroxylation sites is 3.